The first-order valence-electron chi connectivity index (χ1n) is 5.81. The number of rotatable bonds is 2. The number of nitriles is 1. The SMILES string of the molecule is N#Cc1ccc(C(=O)N2CCOCC2C(N)=O)cc1. The Bertz CT molecular complexity index is 533. The first-order valence-corrected chi connectivity index (χ1v) is 5.81. The fraction of sp³-hybridized carbons (Fsp3) is 0.308. The quantitative estimate of drug-likeness (QED) is 0.801. The van der Waals surface area contributed by atoms with Gasteiger partial charge >= 0.3 is 0 Å². The van der Waals surface area contributed by atoms with Gasteiger partial charge in [-0.15, -0.1) is 0 Å². The van der Waals surface area contributed by atoms with E-state index in [0.29, 0.717) is 24.3 Å². The number of ether oxygens (including phenoxy) is 1. The summed E-state index contributed by atoms with van der Waals surface area (Å²) < 4.78 is 5.16. The van der Waals surface area contributed by atoms with Crippen molar-refractivity contribution in [3.05, 3.63) is 35.4 Å². The van der Waals surface area contributed by atoms with E-state index in [-0.39, 0.29) is 12.5 Å². The molecule has 2 N–H and O–H groups in total. The molecule has 0 aromatic heterocycles. The summed E-state index contributed by atoms with van der Waals surface area (Å²) >= 11 is 0. The van der Waals surface area contributed by atoms with Crippen LogP contribution in [0.25, 0.3) is 0 Å². The monoisotopic (exact) mass is 259 g/mol. The van der Waals surface area contributed by atoms with Gasteiger partial charge in [-0.25, -0.2) is 0 Å². The lowest BCUT2D eigenvalue weighted by Crippen LogP contribution is -2.54. The highest BCUT2D eigenvalue weighted by molar-refractivity contribution is 5.97. The zero-order valence-electron chi connectivity index (χ0n) is 10.2. The summed E-state index contributed by atoms with van der Waals surface area (Å²) in [5, 5.41) is 8.71. The zero-order valence-corrected chi connectivity index (χ0v) is 10.2. The third-order valence-electron chi connectivity index (χ3n) is 2.98. The summed E-state index contributed by atoms with van der Waals surface area (Å²) in [5.74, 6) is -0.863. The molecule has 1 fully saturated rings. The smallest absolute Gasteiger partial charge is 0.254 e. The second-order valence-electron chi connectivity index (χ2n) is 4.18. The van der Waals surface area contributed by atoms with Crippen LogP contribution < -0.4 is 5.73 Å². The van der Waals surface area contributed by atoms with E-state index in [1.165, 1.54) is 4.90 Å². The van der Waals surface area contributed by atoms with Gasteiger partial charge in [-0.3, -0.25) is 9.59 Å². The van der Waals surface area contributed by atoms with Crippen LogP contribution in [0.15, 0.2) is 24.3 Å². The lowest BCUT2D eigenvalue weighted by molar-refractivity contribution is -0.127. The molecule has 0 bridgehead atoms. The van der Waals surface area contributed by atoms with Gasteiger partial charge in [0.15, 0.2) is 0 Å². The summed E-state index contributed by atoms with van der Waals surface area (Å²) in [6.45, 7) is 0.829. The molecule has 98 valence electrons. The number of morpholine rings is 1. The van der Waals surface area contributed by atoms with E-state index < -0.39 is 11.9 Å². The summed E-state index contributed by atoms with van der Waals surface area (Å²) in [5.41, 5.74) is 6.16. The topological polar surface area (TPSA) is 96.4 Å². The van der Waals surface area contributed by atoms with Crippen molar-refractivity contribution in [1.29, 1.82) is 5.26 Å². The van der Waals surface area contributed by atoms with Crippen LogP contribution >= 0.6 is 0 Å². The Labute approximate surface area is 110 Å². The lowest BCUT2D eigenvalue weighted by Gasteiger charge is -2.33. The predicted molar refractivity (Wildman–Crippen MR) is 66.0 cm³/mol. The molecule has 0 radical (unpaired) electrons. The van der Waals surface area contributed by atoms with Crippen molar-refractivity contribution in [3.63, 3.8) is 0 Å². The minimum atomic E-state index is -0.739. The van der Waals surface area contributed by atoms with E-state index in [1.54, 1.807) is 24.3 Å². The molecule has 6 nitrogen and oxygen atoms in total. The first-order chi connectivity index (χ1) is 9.13. The van der Waals surface area contributed by atoms with Crippen LogP contribution in [-0.4, -0.2) is 42.5 Å². The number of carbonyl (C=O) groups is 2. The van der Waals surface area contributed by atoms with Crippen LogP contribution in [0, 0.1) is 11.3 Å². The van der Waals surface area contributed by atoms with Crippen LogP contribution in [-0.2, 0) is 9.53 Å². The molecule has 1 saturated heterocycles. The average Bonchev–Trinajstić information content (AvgIpc) is 2.46. The fourth-order valence-electron chi connectivity index (χ4n) is 1.94. The first kappa shape index (κ1) is 13.1. The number of hydrogen-bond acceptors (Lipinski definition) is 4. The Morgan fingerprint density at radius 1 is 1.37 bits per heavy atom. The van der Waals surface area contributed by atoms with E-state index in [1.807, 2.05) is 6.07 Å². The largest absolute Gasteiger partial charge is 0.377 e. The van der Waals surface area contributed by atoms with Crippen LogP contribution in [0.1, 0.15) is 15.9 Å². The van der Waals surface area contributed by atoms with Gasteiger partial charge in [0, 0.05) is 12.1 Å². The molecule has 1 heterocycles. The maximum Gasteiger partial charge on any atom is 0.254 e. The van der Waals surface area contributed by atoms with Crippen molar-refractivity contribution in [2.75, 3.05) is 19.8 Å². The van der Waals surface area contributed by atoms with Crippen molar-refractivity contribution >= 4 is 11.8 Å². The van der Waals surface area contributed by atoms with E-state index in [2.05, 4.69) is 0 Å². The van der Waals surface area contributed by atoms with Crippen LogP contribution in [0.5, 0.6) is 0 Å². The van der Waals surface area contributed by atoms with E-state index in [0.717, 1.165) is 0 Å². The van der Waals surface area contributed by atoms with Crippen molar-refractivity contribution in [2.45, 2.75) is 6.04 Å². The molecule has 1 aromatic carbocycles. The van der Waals surface area contributed by atoms with Crippen molar-refractivity contribution < 1.29 is 14.3 Å². The number of nitrogens with two attached hydrogens (primary N) is 1. The third kappa shape index (κ3) is 2.72. The molecule has 0 saturated carbocycles. The second kappa shape index (κ2) is 5.50. The molecule has 2 amide bonds. The highest BCUT2D eigenvalue weighted by Gasteiger charge is 2.31. The highest BCUT2D eigenvalue weighted by atomic mass is 16.5. The summed E-state index contributed by atoms with van der Waals surface area (Å²) in [7, 11) is 0. The Morgan fingerprint density at radius 3 is 2.63 bits per heavy atom. The van der Waals surface area contributed by atoms with Crippen molar-refractivity contribution in [3.8, 4) is 6.07 Å². The van der Waals surface area contributed by atoms with Gasteiger partial charge in [0.05, 0.1) is 24.8 Å². The Kier molecular flexibility index (Phi) is 3.78. The minimum Gasteiger partial charge on any atom is -0.377 e. The summed E-state index contributed by atoms with van der Waals surface area (Å²) in [6, 6.07) is 7.49. The van der Waals surface area contributed by atoms with Gasteiger partial charge in [0.2, 0.25) is 5.91 Å². The number of nitrogens with zero attached hydrogens (tertiary/aromatic N) is 2. The van der Waals surface area contributed by atoms with Crippen LogP contribution in [0.3, 0.4) is 0 Å². The van der Waals surface area contributed by atoms with Gasteiger partial charge in [0.25, 0.3) is 5.91 Å². The number of primary amides is 1. The Hall–Kier alpha value is -2.39. The van der Waals surface area contributed by atoms with Gasteiger partial charge in [-0.1, -0.05) is 0 Å². The predicted octanol–water partition coefficient (Wildman–Crippen LogP) is -0.115. The molecule has 19 heavy (non-hydrogen) atoms. The zero-order chi connectivity index (χ0) is 13.8. The molecule has 1 aliphatic heterocycles. The van der Waals surface area contributed by atoms with E-state index >= 15 is 0 Å². The van der Waals surface area contributed by atoms with Crippen LogP contribution in [0.2, 0.25) is 0 Å². The van der Waals surface area contributed by atoms with Crippen molar-refractivity contribution in [1.82, 2.24) is 4.90 Å². The molecule has 6 heteroatoms. The molecule has 1 aliphatic rings. The number of carbonyl (C=O) groups excluding carboxylic acids is 2. The number of benzene rings is 1. The van der Waals surface area contributed by atoms with Gasteiger partial charge in [0.1, 0.15) is 6.04 Å². The molecule has 2 rings (SSSR count). The van der Waals surface area contributed by atoms with Crippen LogP contribution in [0.4, 0.5) is 0 Å². The van der Waals surface area contributed by atoms with Gasteiger partial charge in [-0.05, 0) is 24.3 Å². The minimum absolute atomic E-state index is 0.122. The fourth-order valence-corrected chi connectivity index (χ4v) is 1.94. The summed E-state index contributed by atoms with van der Waals surface area (Å²) in [4.78, 5) is 25.0. The maximum absolute atomic E-state index is 12.3. The molecule has 1 unspecified atom stereocenters. The van der Waals surface area contributed by atoms with E-state index in [4.69, 9.17) is 15.7 Å². The maximum atomic E-state index is 12.3. The normalized spacial score (nSPS) is 18.7. The van der Waals surface area contributed by atoms with Gasteiger partial charge in [-0.2, -0.15) is 5.26 Å². The molecule has 1 aromatic rings. The Morgan fingerprint density at radius 2 is 2.05 bits per heavy atom. The number of hydrogen-bond donors (Lipinski definition) is 1. The molecule has 0 spiro atoms. The summed E-state index contributed by atoms with van der Waals surface area (Å²) in [6.07, 6.45) is 0. The van der Waals surface area contributed by atoms with Crippen molar-refractivity contribution in [2.24, 2.45) is 5.73 Å². The standard InChI is InChI=1S/C13H13N3O3/c14-7-9-1-3-10(4-2-9)13(18)16-5-6-19-8-11(16)12(15)17/h1-4,11H,5-6,8H2,(H2,15,17). The highest BCUT2D eigenvalue weighted by Crippen LogP contribution is 2.13. The number of amides is 2. The molecule has 1 atom stereocenters. The molecular formula is C13H13N3O3. The van der Waals surface area contributed by atoms with Gasteiger partial charge < -0.3 is 15.4 Å². The molecular weight excluding hydrogens is 246 g/mol. The van der Waals surface area contributed by atoms with E-state index in [9.17, 15) is 9.59 Å². The third-order valence-corrected chi connectivity index (χ3v) is 2.98. The lowest BCUT2D eigenvalue weighted by atomic mass is 10.1. The Balaban J connectivity index is 2.21. The average molecular weight is 259 g/mol. The second-order valence-corrected chi connectivity index (χ2v) is 4.18. The molecule has 0 aliphatic carbocycles.